The number of methoxy groups -OCH3 is 1. The third kappa shape index (κ3) is 4.06. The van der Waals surface area contributed by atoms with Crippen LogP contribution in [0.5, 0.6) is 11.6 Å². The summed E-state index contributed by atoms with van der Waals surface area (Å²) in [5, 5.41) is 19.9. The Morgan fingerprint density at radius 1 is 1.35 bits per heavy atom. The molecule has 0 atom stereocenters. The van der Waals surface area contributed by atoms with Gasteiger partial charge in [-0.1, -0.05) is 0 Å². The normalized spacial score (nSPS) is 11.1. The van der Waals surface area contributed by atoms with Gasteiger partial charge in [-0.3, -0.25) is 10.1 Å². The van der Waals surface area contributed by atoms with Crippen LogP contribution in [0.3, 0.4) is 0 Å². The van der Waals surface area contributed by atoms with Crippen LogP contribution < -0.4 is 4.74 Å². The minimum atomic E-state index is -4.82. The minimum absolute atomic E-state index is 0.0800. The maximum Gasteiger partial charge on any atom is 0.421 e. The van der Waals surface area contributed by atoms with E-state index in [9.17, 15) is 28.1 Å². The summed E-state index contributed by atoms with van der Waals surface area (Å²) >= 11 is 0. The number of nitro benzene ring substituents is 1. The van der Waals surface area contributed by atoms with Crippen molar-refractivity contribution in [2.24, 2.45) is 0 Å². The van der Waals surface area contributed by atoms with Crippen molar-refractivity contribution in [1.29, 1.82) is 0 Å². The molecular weight excluding hydrogens is 361 g/mol. The molecule has 1 aromatic carbocycles. The molecule has 0 aliphatic rings. The van der Waals surface area contributed by atoms with Gasteiger partial charge >= 0.3 is 12.1 Å². The van der Waals surface area contributed by atoms with E-state index in [-0.39, 0.29) is 11.3 Å². The zero-order chi connectivity index (χ0) is 19.5. The third-order valence-corrected chi connectivity index (χ3v) is 3.18. The maximum absolute atomic E-state index is 13.1. The number of alkyl halides is 3. The lowest BCUT2D eigenvalue weighted by atomic mass is 10.1. The molecule has 2 rings (SSSR count). The number of carbonyl (C=O) groups is 1. The largest absolute Gasteiger partial charge is 0.465 e. The fraction of sp³-hybridized carbons (Fsp3) is 0.200. The van der Waals surface area contributed by atoms with E-state index in [1.165, 1.54) is 0 Å². The lowest BCUT2D eigenvalue weighted by Crippen LogP contribution is -2.10. The Bertz CT molecular complexity index is 854. The summed E-state index contributed by atoms with van der Waals surface area (Å²) in [5.41, 5.74) is -2.41. The average molecular weight is 372 g/mol. The van der Waals surface area contributed by atoms with Crippen molar-refractivity contribution in [2.45, 2.75) is 12.8 Å². The van der Waals surface area contributed by atoms with Crippen molar-refractivity contribution < 1.29 is 37.5 Å². The zero-order valence-corrected chi connectivity index (χ0v) is 13.1. The molecule has 0 radical (unpaired) electrons. The predicted octanol–water partition coefficient (Wildman–Crippen LogP) is 3.08. The zero-order valence-electron chi connectivity index (χ0n) is 13.1. The Morgan fingerprint density at radius 2 is 2.04 bits per heavy atom. The number of carbonyl (C=O) groups excluding carboxylic acids is 1. The quantitative estimate of drug-likeness (QED) is 0.488. The predicted molar refractivity (Wildman–Crippen MR) is 79.7 cm³/mol. The molecule has 1 N–H and O–H groups in total. The Balaban J connectivity index is 2.49. The molecule has 1 aromatic heterocycles. The van der Waals surface area contributed by atoms with E-state index in [0.29, 0.717) is 6.07 Å². The summed E-state index contributed by atoms with van der Waals surface area (Å²) in [6.07, 6.45) is -3.84. The van der Waals surface area contributed by atoms with Crippen LogP contribution in [0.25, 0.3) is 0 Å². The topological polar surface area (TPSA) is 112 Å². The summed E-state index contributed by atoms with van der Waals surface area (Å²) < 4.78 is 48.9. The highest BCUT2D eigenvalue weighted by molar-refractivity contribution is 5.94. The van der Waals surface area contributed by atoms with Crippen LogP contribution in [0, 0.1) is 10.1 Å². The molecule has 0 saturated carbocycles. The molecule has 26 heavy (non-hydrogen) atoms. The Morgan fingerprint density at radius 3 is 2.58 bits per heavy atom. The van der Waals surface area contributed by atoms with Gasteiger partial charge in [0.25, 0.3) is 5.69 Å². The number of rotatable bonds is 5. The Hall–Kier alpha value is -3.21. The van der Waals surface area contributed by atoms with Crippen LogP contribution in [0.1, 0.15) is 21.5 Å². The van der Waals surface area contributed by atoms with Gasteiger partial charge in [-0.2, -0.15) is 13.2 Å². The second-order valence-corrected chi connectivity index (χ2v) is 4.88. The molecule has 1 heterocycles. The van der Waals surface area contributed by atoms with Gasteiger partial charge in [-0.15, -0.1) is 0 Å². The lowest BCUT2D eigenvalue weighted by molar-refractivity contribution is -0.385. The van der Waals surface area contributed by atoms with E-state index >= 15 is 0 Å². The summed E-state index contributed by atoms with van der Waals surface area (Å²) in [6.45, 7) is -0.652. The molecule has 0 fully saturated rings. The van der Waals surface area contributed by atoms with Crippen molar-refractivity contribution in [3.63, 3.8) is 0 Å². The van der Waals surface area contributed by atoms with Gasteiger partial charge in [-0.05, 0) is 17.7 Å². The number of aromatic nitrogens is 1. The number of pyridine rings is 1. The van der Waals surface area contributed by atoms with Crippen molar-refractivity contribution in [1.82, 2.24) is 4.98 Å². The number of nitro groups is 1. The SMILES string of the molecule is COC(=O)c1cc(Oc2ncc(CO)cc2C(F)(F)F)ccc1[N+](=O)[O-]. The van der Waals surface area contributed by atoms with Crippen LogP contribution in [-0.2, 0) is 17.5 Å². The van der Waals surface area contributed by atoms with E-state index in [2.05, 4.69) is 9.72 Å². The monoisotopic (exact) mass is 372 g/mol. The van der Waals surface area contributed by atoms with Gasteiger partial charge in [0.1, 0.15) is 16.9 Å². The molecule has 0 aliphatic heterocycles. The van der Waals surface area contributed by atoms with Crippen LogP contribution >= 0.6 is 0 Å². The second kappa shape index (κ2) is 7.35. The van der Waals surface area contributed by atoms with E-state index < -0.39 is 46.4 Å². The number of aliphatic hydroxyl groups excluding tert-OH is 1. The second-order valence-electron chi connectivity index (χ2n) is 4.88. The number of halogens is 3. The number of ether oxygens (including phenoxy) is 2. The van der Waals surface area contributed by atoms with Crippen molar-refractivity contribution in [2.75, 3.05) is 7.11 Å². The summed E-state index contributed by atoms with van der Waals surface area (Å²) in [6, 6.07) is 3.46. The third-order valence-electron chi connectivity index (χ3n) is 3.18. The molecular formula is C15H11F3N2O6. The number of aliphatic hydroxyl groups is 1. The first-order valence-corrected chi connectivity index (χ1v) is 6.89. The van der Waals surface area contributed by atoms with Gasteiger partial charge in [0.2, 0.25) is 5.88 Å². The highest BCUT2D eigenvalue weighted by Crippen LogP contribution is 2.38. The first-order valence-electron chi connectivity index (χ1n) is 6.89. The van der Waals surface area contributed by atoms with E-state index in [0.717, 1.165) is 31.5 Å². The lowest BCUT2D eigenvalue weighted by Gasteiger charge is -2.14. The van der Waals surface area contributed by atoms with Crippen LogP contribution in [0.4, 0.5) is 18.9 Å². The van der Waals surface area contributed by atoms with Gasteiger partial charge in [0, 0.05) is 18.3 Å². The Labute approximate surface area is 144 Å². The van der Waals surface area contributed by atoms with Crippen molar-refractivity contribution in [3.8, 4) is 11.6 Å². The Kier molecular flexibility index (Phi) is 5.41. The fourth-order valence-corrected chi connectivity index (χ4v) is 1.99. The van der Waals surface area contributed by atoms with Crippen LogP contribution in [0.15, 0.2) is 30.5 Å². The highest BCUT2D eigenvalue weighted by atomic mass is 19.4. The summed E-state index contributed by atoms with van der Waals surface area (Å²) in [7, 11) is 0.997. The van der Waals surface area contributed by atoms with Gasteiger partial charge in [-0.25, -0.2) is 9.78 Å². The molecule has 0 amide bonds. The summed E-state index contributed by atoms with van der Waals surface area (Å²) in [5.74, 6) is -2.17. The van der Waals surface area contributed by atoms with Crippen LogP contribution in [-0.4, -0.2) is 28.1 Å². The molecule has 0 saturated heterocycles. The number of hydrogen-bond donors (Lipinski definition) is 1. The number of nitrogens with zero attached hydrogens (tertiary/aromatic N) is 2. The number of esters is 1. The molecule has 0 spiro atoms. The minimum Gasteiger partial charge on any atom is -0.465 e. The van der Waals surface area contributed by atoms with Crippen molar-refractivity contribution in [3.05, 3.63) is 57.3 Å². The molecule has 8 nitrogen and oxygen atoms in total. The average Bonchev–Trinajstić information content (AvgIpc) is 2.60. The first-order chi connectivity index (χ1) is 12.2. The standard InChI is InChI=1S/C15H11F3N2O6/c1-25-14(22)10-5-9(2-3-12(10)20(23)24)26-13-11(15(16,17)18)4-8(7-21)6-19-13/h2-6,21H,7H2,1H3. The van der Waals surface area contributed by atoms with Gasteiger partial charge in [0.15, 0.2) is 0 Å². The van der Waals surface area contributed by atoms with E-state index in [4.69, 9.17) is 9.84 Å². The molecule has 0 unspecified atom stereocenters. The molecule has 138 valence electrons. The van der Waals surface area contributed by atoms with E-state index in [1.807, 2.05) is 0 Å². The maximum atomic E-state index is 13.1. The molecule has 0 bridgehead atoms. The molecule has 0 aliphatic carbocycles. The van der Waals surface area contributed by atoms with Gasteiger partial charge in [0.05, 0.1) is 18.6 Å². The van der Waals surface area contributed by atoms with Gasteiger partial charge < -0.3 is 14.6 Å². The smallest absolute Gasteiger partial charge is 0.421 e. The first kappa shape index (κ1) is 19.1. The van der Waals surface area contributed by atoms with E-state index in [1.54, 1.807) is 0 Å². The highest BCUT2D eigenvalue weighted by Gasteiger charge is 2.36. The molecule has 2 aromatic rings. The fourth-order valence-electron chi connectivity index (χ4n) is 1.99. The summed E-state index contributed by atoms with van der Waals surface area (Å²) in [4.78, 5) is 25.3. The number of benzene rings is 1. The van der Waals surface area contributed by atoms with Crippen molar-refractivity contribution >= 4 is 11.7 Å². The number of hydrogen-bond acceptors (Lipinski definition) is 7. The van der Waals surface area contributed by atoms with Crippen LogP contribution in [0.2, 0.25) is 0 Å². The molecule has 11 heteroatoms.